The number of aromatic amines is 1. The van der Waals surface area contributed by atoms with Crippen molar-refractivity contribution in [2.24, 2.45) is 0 Å². The van der Waals surface area contributed by atoms with Gasteiger partial charge in [-0.15, -0.1) is 11.3 Å². The summed E-state index contributed by atoms with van der Waals surface area (Å²) in [5.74, 6) is 0.953. The van der Waals surface area contributed by atoms with Crippen LogP contribution in [0.25, 0.3) is 11.3 Å². The van der Waals surface area contributed by atoms with Crippen molar-refractivity contribution < 1.29 is 0 Å². The Kier molecular flexibility index (Phi) is 3.41. The van der Waals surface area contributed by atoms with E-state index >= 15 is 0 Å². The van der Waals surface area contributed by atoms with E-state index in [1.807, 2.05) is 17.6 Å². The molecule has 0 atom stereocenters. The van der Waals surface area contributed by atoms with E-state index in [0.717, 1.165) is 34.5 Å². The summed E-state index contributed by atoms with van der Waals surface area (Å²) in [6.45, 7) is 3.79. The molecule has 0 saturated carbocycles. The highest BCUT2D eigenvalue weighted by Gasteiger charge is 2.04. The van der Waals surface area contributed by atoms with E-state index in [1.54, 1.807) is 0 Å². The summed E-state index contributed by atoms with van der Waals surface area (Å²) in [5.41, 5.74) is 2.12. The highest BCUT2D eigenvalue weighted by molar-refractivity contribution is 7.14. The maximum Gasteiger partial charge on any atom is 0.120 e. The first-order valence-electron chi connectivity index (χ1n) is 4.78. The molecule has 0 saturated heterocycles. The van der Waals surface area contributed by atoms with Crippen molar-refractivity contribution in [2.45, 2.75) is 13.5 Å². The Morgan fingerprint density at radius 1 is 1.60 bits per heavy atom. The van der Waals surface area contributed by atoms with Crippen LogP contribution >= 0.6 is 22.9 Å². The van der Waals surface area contributed by atoms with Gasteiger partial charge in [-0.3, -0.25) is 0 Å². The van der Waals surface area contributed by atoms with Crippen LogP contribution in [0, 0.1) is 0 Å². The number of nitrogens with zero attached hydrogens (tertiary/aromatic N) is 1. The SMILES string of the molecule is CCNCc1ncc(-c2csc(Cl)c2)[nH]1. The van der Waals surface area contributed by atoms with Crippen LogP contribution in [-0.4, -0.2) is 16.5 Å². The first kappa shape index (κ1) is 10.7. The second-order valence-electron chi connectivity index (χ2n) is 3.16. The average Bonchev–Trinajstić information content (AvgIpc) is 2.83. The molecule has 0 radical (unpaired) electrons. The number of H-pyrrole nitrogens is 1. The Morgan fingerprint density at radius 3 is 3.13 bits per heavy atom. The summed E-state index contributed by atoms with van der Waals surface area (Å²) in [5, 5.41) is 5.24. The highest BCUT2D eigenvalue weighted by Crippen LogP contribution is 2.27. The van der Waals surface area contributed by atoms with E-state index in [4.69, 9.17) is 11.6 Å². The minimum absolute atomic E-state index is 0.772. The maximum atomic E-state index is 5.87. The van der Waals surface area contributed by atoms with Gasteiger partial charge in [0.2, 0.25) is 0 Å². The van der Waals surface area contributed by atoms with Crippen molar-refractivity contribution in [1.82, 2.24) is 15.3 Å². The maximum absolute atomic E-state index is 5.87. The molecule has 80 valence electrons. The Bertz CT molecular complexity index is 435. The molecular weight excluding hydrogens is 230 g/mol. The second kappa shape index (κ2) is 4.79. The molecule has 0 bridgehead atoms. The third-order valence-corrected chi connectivity index (χ3v) is 3.14. The fourth-order valence-electron chi connectivity index (χ4n) is 1.29. The second-order valence-corrected chi connectivity index (χ2v) is 4.71. The van der Waals surface area contributed by atoms with E-state index in [2.05, 4.69) is 22.2 Å². The third kappa shape index (κ3) is 2.59. The smallest absolute Gasteiger partial charge is 0.120 e. The molecule has 2 N–H and O–H groups in total. The zero-order chi connectivity index (χ0) is 10.7. The Balaban J connectivity index is 2.13. The number of nitrogens with one attached hydrogen (secondary N) is 2. The lowest BCUT2D eigenvalue weighted by Gasteiger charge is -1.96. The molecule has 0 fully saturated rings. The molecule has 0 unspecified atom stereocenters. The van der Waals surface area contributed by atoms with Gasteiger partial charge in [-0.2, -0.15) is 0 Å². The molecule has 0 aliphatic carbocycles. The largest absolute Gasteiger partial charge is 0.341 e. The minimum Gasteiger partial charge on any atom is -0.341 e. The monoisotopic (exact) mass is 241 g/mol. The molecule has 0 aliphatic rings. The number of imidazole rings is 1. The normalized spacial score (nSPS) is 10.8. The summed E-state index contributed by atoms with van der Waals surface area (Å²) in [4.78, 5) is 7.53. The molecule has 5 heteroatoms. The van der Waals surface area contributed by atoms with E-state index in [0.29, 0.717) is 0 Å². The first-order valence-corrected chi connectivity index (χ1v) is 6.04. The van der Waals surface area contributed by atoms with Gasteiger partial charge < -0.3 is 10.3 Å². The zero-order valence-electron chi connectivity index (χ0n) is 8.38. The fraction of sp³-hybridized carbons (Fsp3) is 0.300. The van der Waals surface area contributed by atoms with Crippen molar-refractivity contribution in [2.75, 3.05) is 6.54 Å². The third-order valence-electron chi connectivity index (χ3n) is 2.05. The van der Waals surface area contributed by atoms with Crippen molar-refractivity contribution >= 4 is 22.9 Å². The number of hydrogen-bond donors (Lipinski definition) is 2. The van der Waals surface area contributed by atoms with Crippen LogP contribution in [0.1, 0.15) is 12.7 Å². The van der Waals surface area contributed by atoms with Gasteiger partial charge in [-0.1, -0.05) is 18.5 Å². The van der Waals surface area contributed by atoms with Crippen molar-refractivity contribution in [3.63, 3.8) is 0 Å². The predicted molar refractivity (Wildman–Crippen MR) is 64.3 cm³/mol. The van der Waals surface area contributed by atoms with Gasteiger partial charge in [-0.25, -0.2) is 4.98 Å². The number of rotatable bonds is 4. The van der Waals surface area contributed by atoms with Gasteiger partial charge in [0.05, 0.1) is 22.8 Å². The lowest BCUT2D eigenvalue weighted by molar-refractivity contribution is 0.698. The molecule has 0 spiro atoms. The minimum atomic E-state index is 0.772. The highest BCUT2D eigenvalue weighted by atomic mass is 35.5. The molecule has 0 aliphatic heterocycles. The van der Waals surface area contributed by atoms with Crippen LogP contribution in [0.2, 0.25) is 4.34 Å². The summed E-state index contributed by atoms with van der Waals surface area (Å²) < 4.78 is 0.799. The van der Waals surface area contributed by atoms with E-state index in [1.165, 1.54) is 11.3 Å². The van der Waals surface area contributed by atoms with Crippen LogP contribution in [0.4, 0.5) is 0 Å². The van der Waals surface area contributed by atoms with Crippen molar-refractivity contribution in [1.29, 1.82) is 0 Å². The molecule has 2 aromatic rings. The van der Waals surface area contributed by atoms with Crippen LogP contribution < -0.4 is 5.32 Å². The zero-order valence-corrected chi connectivity index (χ0v) is 9.95. The summed E-state index contributed by atoms with van der Waals surface area (Å²) in [6, 6.07) is 1.94. The van der Waals surface area contributed by atoms with E-state index in [9.17, 15) is 0 Å². The molecule has 2 heterocycles. The van der Waals surface area contributed by atoms with Crippen LogP contribution in [0.5, 0.6) is 0 Å². The predicted octanol–water partition coefficient (Wildman–Crippen LogP) is 2.90. The number of aromatic nitrogens is 2. The lowest BCUT2D eigenvalue weighted by atomic mass is 10.3. The van der Waals surface area contributed by atoms with Gasteiger partial charge in [-0.05, 0) is 12.6 Å². The van der Waals surface area contributed by atoms with Gasteiger partial charge >= 0.3 is 0 Å². The molecule has 0 aromatic carbocycles. The molecular formula is C10H12ClN3S. The Hall–Kier alpha value is -0.840. The Morgan fingerprint density at radius 2 is 2.47 bits per heavy atom. The number of hydrogen-bond acceptors (Lipinski definition) is 3. The van der Waals surface area contributed by atoms with Gasteiger partial charge in [0.25, 0.3) is 0 Å². The van der Waals surface area contributed by atoms with Gasteiger partial charge in [0.15, 0.2) is 0 Å². The first-order chi connectivity index (χ1) is 7.29. The van der Waals surface area contributed by atoms with E-state index < -0.39 is 0 Å². The molecule has 0 amide bonds. The molecule has 2 aromatic heterocycles. The Labute approximate surface area is 97.5 Å². The molecule has 15 heavy (non-hydrogen) atoms. The van der Waals surface area contributed by atoms with Crippen molar-refractivity contribution in [3.05, 3.63) is 27.8 Å². The molecule has 3 nitrogen and oxygen atoms in total. The lowest BCUT2D eigenvalue weighted by Crippen LogP contribution is -2.12. The molecule has 2 rings (SSSR count). The quantitative estimate of drug-likeness (QED) is 0.864. The summed E-state index contributed by atoms with van der Waals surface area (Å²) in [7, 11) is 0. The fourth-order valence-corrected chi connectivity index (χ4v) is 2.17. The number of halogens is 1. The van der Waals surface area contributed by atoms with Crippen LogP contribution in [-0.2, 0) is 6.54 Å². The van der Waals surface area contributed by atoms with Crippen molar-refractivity contribution in [3.8, 4) is 11.3 Å². The summed E-state index contributed by atoms with van der Waals surface area (Å²) in [6.07, 6.45) is 1.84. The van der Waals surface area contributed by atoms with Gasteiger partial charge in [0.1, 0.15) is 5.82 Å². The standard InChI is InChI=1S/C10H12ClN3S/c1-2-12-5-10-13-4-8(14-10)7-3-9(11)15-6-7/h3-4,6,12H,2,5H2,1H3,(H,13,14). The summed E-state index contributed by atoms with van der Waals surface area (Å²) >= 11 is 7.40. The van der Waals surface area contributed by atoms with Crippen LogP contribution in [0.3, 0.4) is 0 Å². The van der Waals surface area contributed by atoms with E-state index in [-0.39, 0.29) is 0 Å². The number of thiophene rings is 1. The van der Waals surface area contributed by atoms with Crippen LogP contribution in [0.15, 0.2) is 17.6 Å². The van der Waals surface area contributed by atoms with Gasteiger partial charge in [0, 0.05) is 10.9 Å². The average molecular weight is 242 g/mol. The topological polar surface area (TPSA) is 40.7 Å².